The molecule has 3 rings (SSSR count). The Morgan fingerprint density at radius 2 is 0.865 bits per heavy atom. The molecule has 0 N–H and O–H groups in total. The molecule has 0 radical (unpaired) electrons. The molecular formula is C31H40O5S. The summed E-state index contributed by atoms with van der Waals surface area (Å²) in [6.07, 6.45) is 3.87. The Balaban J connectivity index is 2.15. The van der Waals surface area contributed by atoms with Gasteiger partial charge in [0.25, 0.3) is 0 Å². The maximum atomic E-state index is 13.1. The summed E-state index contributed by atoms with van der Waals surface area (Å²) in [5, 5.41) is 0. The lowest BCUT2D eigenvalue weighted by atomic mass is 10.3. The van der Waals surface area contributed by atoms with Crippen LogP contribution in [0.15, 0.2) is 87.5 Å². The Morgan fingerprint density at radius 1 is 0.541 bits per heavy atom. The summed E-state index contributed by atoms with van der Waals surface area (Å²) in [5.74, 6) is 2.17. The predicted octanol–water partition coefficient (Wildman–Crippen LogP) is 8.59. The zero-order chi connectivity index (χ0) is 26.5. The maximum Gasteiger partial charge on any atom is 0.317 e. The Labute approximate surface area is 223 Å². The molecule has 0 heterocycles. The van der Waals surface area contributed by atoms with E-state index in [-0.39, 0.29) is 5.97 Å². The van der Waals surface area contributed by atoms with Crippen molar-refractivity contribution in [2.75, 3.05) is 19.8 Å². The molecule has 0 saturated carbocycles. The zero-order valence-electron chi connectivity index (χ0n) is 22.5. The minimum atomic E-state index is -2.38. The highest BCUT2D eigenvalue weighted by atomic mass is 32.3. The summed E-state index contributed by atoms with van der Waals surface area (Å²) in [5.41, 5.74) is 0. The van der Waals surface area contributed by atoms with Gasteiger partial charge in [0.2, 0.25) is 0 Å². The molecule has 3 aromatic rings. The van der Waals surface area contributed by atoms with Crippen molar-refractivity contribution in [1.29, 1.82) is 0 Å². The van der Waals surface area contributed by atoms with Gasteiger partial charge in [0.1, 0.15) is 17.2 Å². The number of rotatable bonds is 15. The summed E-state index contributed by atoms with van der Waals surface area (Å²) in [6, 6.07) is 23.8. The normalized spacial score (nSPS) is 11.6. The number of carbonyl (C=O) groups is 1. The van der Waals surface area contributed by atoms with Crippen LogP contribution in [-0.4, -0.2) is 25.8 Å². The van der Waals surface area contributed by atoms with Crippen molar-refractivity contribution < 1.29 is 23.2 Å². The lowest BCUT2D eigenvalue weighted by Crippen LogP contribution is -2.13. The van der Waals surface area contributed by atoms with E-state index >= 15 is 0 Å². The largest absolute Gasteiger partial charge is 0.494 e. The summed E-state index contributed by atoms with van der Waals surface area (Å²) in [6.45, 7) is 10.2. The van der Waals surface area contributed by atoms with Crippen LogP contribution in [-0.2, 0) is 8.98 Å². The second kappa shape index (κ2) is 14.6. The van der Waals surface area contributed by atoms with Crippen LogP contribution in [0, 0.1) is 0 Å². The second-order valence-electron chi connectivity index (χ2n) is 8.72. The van der Waals surface area contributed by atoms with E-state index < -0.39 is 10.3 Å². The second-order valence-corrected chi connectivity index (χ2v) is 11.4. The molecule has 0 aliphatic heterocycles. The summed E-state index contributed by atoms with van der Waals surface area (Å²) >= 11 is 0. The third-order valence-corrected chi connectivity index (χ3v) is 8.80. The Bertz CT molecular complexity index is 953. The van der Waals surface area contributed by atoms with Gasteiger partial charge in [-0.2, -0.15) is 0 Å². The number of hydrogen-bond acceptors (Lipinski definition) is 5. The number of carbonyl (C=O) groups excluding carboxylic acids is 1. The fraction of sp³-hybridized carbons (Fsp3) is 0.387. The van der Waals surface area contributed by atoms with Gasteiger partial charge in [-0.3, -0.25) is 4.79 Å². The number of ether oxygens (including phenoxy) is 3. The third kappa shape index (κ3) is 7.45. The minimum Gasteiger partial charge on any atom is -0.494 e. The van der Waals surface area contributed by atoms with Crippen LogP contribution in [0.4, 0.5) is 0 Å². The summed E-state index contributed by atoms with van der Waals surface area (Å²) < 4.78 is 24.0. The Kier molecular flexibility index (Phi) is 11.2. The summed E-state index contributed by atoms with van der Waals surface area (Å²) in [4.78, 5) is 15.9. The first-order valence-electron chi connectivity index (χ1n) is 13.3. The van der Waals surface area contributed by atoms with Crippen LogP contribution in [0.25, 0.3) is 0 Å². The van der Waals surface area contributed by atoms with Crippen LogP contribution in [0.3, 0.4) is 0 Å². The van der Waals surface area contributed by atoms with E-state index in [1.54, 1.807) is 0 Å². The first-order valence-corrected chi connectivity index (χ1v) is 14.9. The van der Waals surface area contributed by atoms with Crippen molar-refractivity contribution in [3.8, 4) is 17.2 Å². The molecule has 0 saturated heterocycles. The fourth-order valence-electron chi connectivity index (χ4n) is 3.78. The van der Waals surface area contributed by atoms with Crippen molar-refractivity contribution in [1.82, 2.24) is 0 Å². The monoisotopic (exact) mass is 524 g/mol. The van der Waals surface area contributed by atoms with Gasteiger partial charge in [-0.25, -0.2) is 0 Å². The van der Waals surface area contributed by atoms with E-state index in [4.69, 9.17) is 18.4 Å². The average Bonchev–Trinajstić information content (AvgIpc) is 2.93. The molecule has 0 bridgehead atoms. The standard InChI is InChI=1S/C31H40O5S/c1-5-9-31(32)36-37(28-16-10-25(11-17-28)33-22-6-2,29-18-12-26(13-19-29)34-23-7-3)30-20-14-27(15-21-30)35-24-8-4/h10-21H,5-9,22-24H2,1-4H3. The van der Waals surface area contributed by atoms with Crippen LogP contribution in [0.5, 0.6) is 17.2 Å². The van der Waals surface area contributed by atoms with Crippen LogP contribution < -0.4 is 14.2 Å². The van der Waals surface area contributed by atoms with E-state index in [0.29, 0.717) is 32.7 Å². The van der Waals surface area contributed by atoms with E-state index in [9.17, 15) is 4.79 Å². The minimum absolute atomic E-state index is 0.221. The van der Waals surface area contributed by atoms with E-state index in [1.807, 2.05) is 79.7 Å². The van der Waals surface area contributed by atoms with Crippen molar-refractivity contribution in [3.63, 3.8) is 0 Å². The molecule has 37 heavy (non-hydrogen) atoms. The molecule has 0 aliphatic rings. The molecule has 0 atom stereocenters. The van der Waals surface area contributed by atoms with Crippen molar-refractivity contribution in [2.24, 2.45) is 0 Å². The Hall–Kier alpha value is -3.12. The van der Waals surface area contributed by atoms with E-state index in [0.717, 1.165) is 51.2 Å². The van der Waals surface area contributed by atoms with Gasteiger partial charge in [0.05, 0.1) is 19.8 Å². The van der Waals surface area contributed by atoms with Crippen molar-refractivity contribution >= 4 is 16.3 Å². The molecule has 3 aromatic carbocycles. The van der Waals surface area contributed by atoms with Gasteiger partial charge >= 0.3 is 5.97 Å². The Morgan fingerprint density at radius 3 is 1.14 bits per heavy atom. The highest BCUT2D eigenvalue weighted by molar-refractivity contribution is 8.30. The van der Waals surface area contributed by atoms with Gasteiger partial charge < -0.3 is 18.4 Å². The van der Waals surface area contributed by atoms with Gasteiger partial charge in [-0.15, -0.1) is 0 Å². The molecule has 0 aromatic heterocycles. The number of hydrogen-bond donors (Lipinski definition) is 0. The highest BCUT2D eigenvalue weighted by Crippen LogP contribution is 2.69. The lowest BCUT2D eigenvalue weighted by molar-refractivity contribution is -0.133. The maximum absolute atomic E-state index is 13.1. The van der Waals surface area contributed by atoms with Crippen LogP contribution >= 0.6 is 10.3 Å². The molecule has 6 heteroatoms. The predicted molar refractivity (Wildman–Crippen MR) is 150 cm³/mol. The SMILES string of the molecule is CCCOc1ccc(S(OC(=O)CCC)(c2ccc(OCCC)cc2)c2ccc(OCCC)cc2)cc1. The molecule has 0 fully saturated rings. The van der Waals surface area contributed by atoms with Crippen molar-refractivity contribution in [3.05, 3.63) is 72.8 Å². The smallest absolute Gasteiger partial charge is 0.317 e. The topological polar surface area (TPSA) is 54.0 Å². The zero-order valence-corrected chi connectivity index (χ0v) is 23.4. The third-order valence-electron chi connectivity index (χ3n) is 5.56. The first kappa shape index (κ1) is 28.5. The molecule has 0 amide bonds. The van der Waals surface area contributed by atoms with Crippen LogP contribution in [0.1, 0.15) is 59.8 Å². The molecule has 0 spiro atoms. The van der Waals surface area contributed by atoms with Gasteiger partial charge in [0.15, 0.2) is 0 Å². The van der Waals surface area contributed by atoms with Crippen LogP contribution in [0.2, 0.25) is 0 Å². The quantitative estimate of drug-likeness (QED) is 0.199. The lowest BCUT2D eigenvalue weighted by Gasteiger charge is -2.40. The van der Waals surface area contributed by atoms with E-state index in [1.165, 1.54) is 0 Å². The molecule has 0 unspecified atom stereocenters. The van der Waals surface area contributed by atoms with Gasteiger partial charge in [0, 0.05) is 21.1 Å². The first-order chi connectivity index (χ1) is 18.1. The fourth-order valence-corrected chi connectivity index (χ4v) is 6.81. The van der Waals surface area contributed by atoms with E-state index in [2.05, 4.69) is 20.8 Å². The number of benzene rings is 3. The van der Waals surface area contributed by atoms with Gasteiger partial charge in [-0.05, 0) is 109 Å². The summed E-state index contributed by atoms with van der Waals surface area (Å²) in [7, 11) is -2.38. The molecule has 200 valence electrons. The van der Waals surface area contributed by atoms with Crippen molar-refractivity contribution in [2.45, 2.75) is 74.5 Å². The molecule has 5 nitrogen and oxygen atoms in total. The highest BCUT2D eigenvalue weighted by Gasteiger charge is 2.36. The average molecular weight is 525 g/mol. The molecular weight excluding hydrogens is 484 g/mol. The van der Waals surface area contributed by atoms with Gasteiger partial charge in [-0.1, -0.05) is 27.7 Å². The molecule has 0 aliphatic carbocycles.